The molecule has 0 saturated carbocycles. The van der Waals surface area contributed by atoms with Crippen molar-refractivity contribution in [3.63, 3.8) is 0 Å². The Hall–Kier alpha value is -3.01. The third-order valence-corrected chi connectivity index (χ3v) is 7.34. The van der Waals surface area contributed by atoms with E-state index in [9.17, 15) is 13.2 Å². The van der Waals surface area contributed by atoms with E-state index in [1.807, 2.05) is 69.3 Å². The summed E-state index contributed by atoms with van der Waals surface area (Å²) in [6.45, 7) is 6.16. The average molecular weight is 573 g/mol. The zero-order valence-electron chi connectivity index (χ0n) is 20.4. The smallest absolute Gasteiger partial charge is 0.258 e. The Morgan fingerprint density at radius 1 is 1.06 bits per heavy atom. The van der Waals surface area contributed by atoms with Gasteiger partial charge in [0.25, 0.3) is 5.91 Å². The van der Waals surface area contributed by atoms with Crippen molar-refractivity contribution in [2.24, 2.45) is 11.0 Å². The minimum absolute atomic E-state index is 0.0878. The third kappa shape index (κ3) is 8.29. The first kappa shape index (κ1) is 27.6. The van der Waals surface area contributed by atoms with Crippen molar-refractivity contribution in [3.8, 4) is 5.75 Å². The summed E-state index contributed by atoms with van der Waals surface area (Å²) in [7, 11) is -3.86. The van der Waals surface area contributed by atoms with Crippen LogP contribution in [-0.2, 0) is 21.4 Å². The molecule has 1 atom stereocenters. The van der Waals surface area contributed by atoms with Gasteiger partial charge in [-0.1, -0.05) is 61.9 Å². The lowest BCUT2D eigenvalue weighted by molar-refractivity contribution is -0.123. The van der Waals surface area contributed by atoms with Crippen LogP contribution in [0, 0.1) is 12.8 Å². The second-order valence-corrected chi connectivity index (χ2v) is 11.4. The van der Waals surface area contributed by atoms with Crippen LogP contribution in [0.15, 0.2) is 87.3 Å². The number of rotatable bonds is 11. The van der Waals surface area contributed by atoms with Gasteiger partial charge in [-0.15, -0.1) is 0 Å². The number of aryl methyl sites for hydroxylation is 1. The van der Waals surface area contributed by atoms with Gasteiger partial charge in [-0.3, -0.25) is 4.79 Å². The molecule has 0 aliphatic carbocycles. The van der Waals surface area contributed by atoms with E-state index in [1.165, 1.54) is 18.3 Å². The highest BCUT2D eigenvalue weighted by atomic mass is 79.9. The predicted octanol–water partition coefficient (Wildman–Crippen LogP) is 5.18. The van der Waals surface area contributed by atoms with Gasteiger partial charge in [-0.2, -0.15) is 9.82 Å². The van der Waals surface area contributed by atoms with Gasteiger partial charge in [0, 0.05) is 0 Å². The maximum Gasteiger partial charge on any atom is 0.258 e. The molecule has 7 nitrogen and oxygen atoms in total. The van der Waals surface area contributed by atoms with Crippen molar-refractivity contribution in [3.05, 3.63) is 94.0 Å². The third-order valence-electron chi connectivity index (χ3n) is 5.23. The molecule has 0 unspecified atom stereocenters. The Balaban J connectivity index is 1.62. The van der Waals surface area contributed by atoms with E-state index in [1.54, 1.807) is 12.1 Å². The Kier molecular flexibility index (Phi) is 9.81. The normalized spacial score (nSPS) is 12.6. The number of hydrazone groups is 1. The van der Waals surface area contributed by atoms with Crippen LogP contribution in [0.4, 0.5) is 0 Å². The molecule has 0 radical (unpaired) electrons. The maximum atomic E-state index is 12.8. The molecule has 36 heavy (non-hydrogen) atoms. The molecule has 0 saturated heterocycles. The molecule has 0 heterocycles. The number of nitrogens with zero attached hydrogens (tertiary/aromatic N) is 1. The van der Waals surface area contributed by atoms with Crippen LogP contribution < -0.4 is 14.9 Å². The topological polar surface area (TPSA) is 96.9 Å². The summed E-state index contributed by atoms with van der Waals surface area (Å²) in [6.07, 6.45) is 1.82. The van der Waals surface area contributed by atoms with Crippen LogP contribution in [0.2, 0.25) is 0 Å². The van der Waals surface area contributed by atoms with Gasteiger partial charge in [0.1, 0.15) is 18.4 Å². The number of amides is 1. The monoisotopic (exact) mass is 571 g/mol. The van der Waals surface area contributed by atoms with Crippen molar-refractivity contribution in [1.29, 1.82) is 0 Å². The fourth-order valence-corrected chi connectivity index (χ4v) is 5.07. The van der Waals surface area contributed by atoms with E-state index in [2.05, 4.69) is 31.2 Å². The molecule has 0 aliphatic heterocycles. The number of ether oxygens (including phenoxy) is 1. The first-order valence-corrected chi connectivity index (χ1v) is 13.8. The molecule has 3 aromatic rings. The zero-order chi connectivity index (χ0) is 26.1. The van der Waals surface area contributed by atoms with Crippen molar-refractivity contribution in [2.45, 2.75) is 44.7 Å². The maximum absolute atomic E-state index is 12.8. The van der Waals surface area contributed by atoms with E-state index in [0.29, 0.717) is 18.8 Å². The Morgan fingerprint density at radius 2 is 1.75 bits per heavy atom. The zero-order valence-corrected chi connectivity index (χ0v) is 22.8. The van der Waals surface area contributed by atoms with Crippen LogP contribution >= 0.6 is 15.9 Å². The second-order valence-electron chi connectivity index (χ2n) is 8.81. The number of nitrogens with one attached hydrogen (secondary N) is 2. The summed E-state index contributed by atoms with van der Waals surface area (Å²) in [4.78, 5) is 12.9. The van der Waals surface area contributed by atoms with E-state index in [4.69, 9.17) is 4.74 Å². The van der Waals surface area contributed by atoms with Crippen molar-refractivity contribution < 1.29 is 17.9 Å². The Bertz CT molecular complexity index is 1290. The quantitative estimate of drug-likeness (QED) is 0.245. The summed E-state index contributed by atoms with van der Waals surface area (Å²) in [6, 6.07) is 20.8. The minimum Gasteiger partial charge on any atom is -0.488 e. The molecular weight excluding hydrogens is 542 g/mol. The molecule has 0 bridgehead atoms. The molecule has 1 amide bonds. The number of hydrogen-bond donors (Lipinski definition) is 2. The van der Waals surface area contributed by atoms with Crippen molar-refractivity contribution in [1.82, 2.24) is 10.1 Å². The summed E-state index contributed by atoms with van der Waals surface area (Å²) in [5.74, 6) is 0.241. The molecule has 3 rings (SSSR count). The average Bonchev–Trinajstić information content (AvgIpc) is 2.83. The van der Waals surface area contributed by atoms with E-state index in [-0.39, 0.29) is 10.8 Å². The predicted molar refractivity (Wildman–Crippen MR) is 145 cm³/mol. The fourth-order valence-electron chi connectivity index (χ4n) is 3.35. The van der Waals surface area contributed by atoms with Crippen molar-refractivity contribution >= 4 is 38.1 Å². The highest BCUT2D eigenvalue weighted by Crippen LogP contribution is 2.26. The van der Waals surface area contributed by atoms with Gasteiger partial charge < -0.3 is 4.74 Å². The Morgan fingerprint density at radius 3 is 2.39 bits per heavy atom. The molecule has 0 aromatic heterocycles. The molecule has 0 fully saturated rings. The fraction of sp³-hybridized carbons (Fsp3) is 0.259. The van der Waals surface area contributed by atoms with Gasteiger partial charge >= 0.3 is 0 Å². The summed E-state index contributed by atoms with van der Waals surface area (Å²) < 4.78 is 34.7. The molecular formula is C27H30BrN3O4S. The number of benzene rings is 3. The lowest BCUT2D eigenvalue weighted by Gasteiger charge is -2.19. The van der Waals surface area contributed by atoms with Crippen LogP contribution in [-0.4, -0.2) is 26.6 Å². The van der Waals surface area contributed by atoms with Gasteiger partial charge in [0.2, 0.25) is 10.0 Å². The first-order chi connectivity index (χ1) is 17.1. The highest BCUT2D eigenvalue weighted by Gasteiger charge is 2.26. The van der Waals surface area contributed by atoms with E-state index in [0.717, 1.165) is 21.2 Å². The largest absolute Gasteiger partial charge is 0.488 e. The molecule has 0 spiro atoms. The number of carbonyl (C=O) groups is 1. The number of sulfonamides is 1. The van der Waals surface area contributed by atoms with Crippen LogP contribution in [0.1, 0.15) is 37.0 Å². The number of hydrogen-bond acceptors (Lipinski definition) is 5. The first-order valence-electron chi connectivity index (χ1n) is 11.5. The van der Waals surface area contributed by atoms with Crippen LogP contribution in [0.25, 0.3) is 0 Å². The standard InChI is InChI=1S/C27H30BrN3O4S/c1-19(2)15-25(31-36(33,34)23-12-9-20(3)10-13-23)27(32)30-29-17-22-11-14-26(24(28)16-22)35-18-21-7-5-4-6-8-21/h4-14,16-17,19,25,31H,15,18H2,1-3H3,(H,30,32)/b29-17-/t25-/m0/s1. The highest BCUT2D eigenvalue weighted by molar-refractivity contribution is 9.10. The summed E-state index contributed by atoms with van der Waals surface area (Å²) in [5, 5.41) is 4.03. The van der Waals surface area contributed by atoms with E-state index < -0.39 is 22.0 Å². The van der Waals surface area contributed by atoms with Crippen LogP contribution in [0.5, 0.6) is 5.75 Å². The summed E-state index contributed by atoms with van der Waals surface area (Å²) in [5.41, 5.74) is 5.20. The summed E-state index contributed by atoms with van der Waals surface area (Å²) >= 11 is 3.50. The minimum atomic E-state index is -3.86. The molecule has 9 heteroatoms. The van der Waals surface area contributed by atoms with Crippen molar-refractivity contribution in [2.75, 3.05) is 0 Å². The lowest BCUT2D eigenvalue weighted by Crippen LogP contribution is -2.46. The van der Waals surface area contributed by atoms with Crippen LogP contribution in [0.3, 0.4) is 0 Å². The van der Waals surface area contributed by atoms with Gasteiger partial charge in [-0.05, 0) is 76.7 Å². The van der Waals surface area contributed by atoms with Gasteiger partial charge in [0.05, 0.1) is 15.6 Å². The Labute approximate surface area is 221 Å². The molecule has 0 aliphatic rings. The molecule has 2 N–H and O–H groups in total. The lowest BCUT2D eigenvalue weighted by atomic mass is 10.0. The second kappa shape index (κ2) is 12.8. The number of halogens is 1. The van der Waals surface area contributed by atoms with Gasteiger partial charge in [-0.25, -0.2) is 13.8 Å². The molecule has 3 aromatic carbocycles. The van der Waals surface area contributed by atoms with Gasteiger partial charge in [0.15, 0.2) is 0 Å². The molecule has 190 valence electrons. The van der Waals surface area contributed by atoms with E-state index >= 15 is 0 Å². The SMILES string of the molecule is Cc1ccc(S(=O)(=O)N[C@@H](CC(C)C)C(=O)N/N=C\c2ccc(OCc3ccccc3)c(Br)c2)cc1. The number of carbonyl (C=O) groups excluding carboxylic acids is 1.